The number of nitrogens with one attached hydrogen (secondary N) is 1. The number of aryl methyl sites for hydroxylation is 1. The Morgan fingerprint density at radius 2 is 2.20 bits per heavy atom. The summed E-state index contributed by atoms with van der Waals surface area (Å²) in [5, 5.41) is 6.21. The molecule has 0 spiro atoms. The molecule has 1 N–H and O–H groups in total. The zero-order valence-electron chi connectivity index (χ0n) is 12.1. The molecular formula is C13H22N4O2S. The van der Waals surface area contributed by atoms with E-state index in [0.29, 0.717) is 19.7 Å². The third-order valence-electron chi connectivity index (χ3n) is 3.27. The Labute approximate surface area is 123 Å². The van der Waals surface area contributed by atoms with Crippen molar-refractivity contribution in [1.29, 1.82) is 0 Å². The predicted octanol–water partition coefficient (Wildman–Crippen LogP) is 0.336. The van der Waals surface area contributed by atoms with Crippen molar-refractivity contribution in [1.82, 2.24) is 15.2 Å². The molecule has 0 saturated carbocycles. The molecule has 0 aliphatic carbocycles. The molecule has 1 aromatic heterocycles. The van der Waals surface area contributed by atoms with Gasteiger partial charge in [0.15, 0.2) is 5.13 Å². The minimum absolute atomic E-state index is 0.163. The number of rotatable bonds is 6. The molecule has 1 fully saturated rings. The number of carbonyl (C=O) groups excluding carboxylic acids is 1. The van der Waals surface area contributed by atoms with Gasteiger partial charge in [-0.2, -0.15) is 0 Å². The summed E-state index contributed by atoms with van der Waals surface area (Å²) < 4.78 is 4.93. The van der Waals surface area contributed by atoms with Crippen LogP contribution in [0.1, 0.15) is 5.69 Å². The van der Waals surface area contributed by atoms with Crippen LogP contribution in [-0.2, 0) is 9.53 Å². The van der Waals surface area contributed by atoms with Gasteiger partial charge in [-0.1, -0.05) is 0 Å². The fourth-order valence-corrected chi connectivity index (χ4v) is 2.97. The Kier molecular flexibility index (Phi) is 5.75. The lowest BCUT2D eigenvalue weighted by molar-refractivity contribution is -0.130. The van der Waals surface area contributed by atoms with Crippen molar-refractivity contribution in [2.75, 3.05) is 57.9 Å². The summed E-state index contributed by atoms with van der Waals surface area (Å²) in [6.45, 7) is 6.98. The van der Waals surface area contributed by atoms with Crippen LogP contribution in [0.15, 0.2) is 5.38 Å². The van der Waals surface area contributed by atoms with E-state index in [9.17, 15) is 4.79 Å². The Bertz CT molecular complexity index is 430. The summed E-state index contributed by atoms with van der Waals surface area (Å²) in [4.78, 5) is 20.7. The Hall–Kier alpha value is -1.18. The molecule has 1 aliphatic rings. The molecule has 2 rings (SSSR count). The number of nitrogens with zero attached hydrogens (tertiary/aromatic N) is 3. The molecule has 1 amide bonds. The molecule has 1 saturated heterocycles. The summed E-state index contributed by atoms with van der Waals surface area (Å²) in [6.07, 6.45) is 0. The number of ether oxygens (including phenoxy) is 1. The van der Waals surface area contributed by atoms with Crippen molar-refractivity contribution in [2.45, 2.75) is 6.92 Å². The van der Waals surface area contributed by atoms with Gasteiger partial charge in [0.1, 0.15) is 0 Å². The third kappa shape index (κ3) is 4.16. The van der Waals surface area contributed by atoms with Crippen molar-refractivity contribution >= 4 is 22.4 Å². The number of hydrogen-bond donors (Lipinski definition) is 1. The highest BCUT2D eigenvalue weighted by atomic mass is 32.1. The van der Waals surface area contributed by atoms with Gasteiger partial charge in [0.2, 0.25) is 5.91 Å². The van der Waals surface area contributed by atoms with Crippen LogP contribution >= 0.6 is 11.3 Å². The summed E-state index contributed by atoms with van der Waals surface area (Å²) in [7, 11) is 1.66. The van der Waals surface area contributed by atoms with E-state index in [0.717, 1.165) is 37.0 Å². The van der Waals surface area contributed by atoms with Crippen LogP contribution in [0, 0.1) is 6.92 Å². The maximum absolute atomic E-state index is 12.0. The van der Waals surface area contributed by atoms with Crippen LogP contribution in [0.4, 0.5) is 5.13 Å². The molecule has 0 atom stereocenters. The Morgan fingerprint density at radius 3 is 2.80 bits per heavy atom. The third-order valence-corrected chi connectivity index (χ3v) is 4.29. The molecule has 1 aromatic rings. The van der Waals surface area contributed by atoms with Crippen LogP contribution in [0.2, 0.25) is 0 Å². The van der Waals surface area contributed by atoms with Crippen LogP contribution < -0.4 is 10.2 Å². The SMILES string of the molecule is COCCNCC(=O)N1CCN(c2nc(C)cs2)CC1. The zero-order valence-corrected chi connectivity index (χ0v) is 12.9. The lowest BCUT2D eigenvalue weighted by atomic mass is 10.3. The summed E-state index contributed by atoms with van der Waals surface area (Å²) in [5.74, 6) is 0.163. The number of methoxy groups -OCH3 is 1. The van der Waals surface area contributed by atoms with Gasteiger partial charge < -0.3 is 19.9 Å². The summed E-state index contributed by atoms with van der Waals surface area (Å²) in [5.41, 5.74) is 1.06. The zero-order chi connectivity index (χ0) is 14.4. The average Bonchev–Trinajstić information content (AvgIpc) is 2.90. The van der Waals surface area contributed by atoms with E-state index in [1.807, 2.05) is 11.8 Å². The van der Waals surface area contributed by atoms with Gasteiger partial charge in [0.25, 0.3) is 0 Å². The minimum atomic E-state index is 0.163. The maximum Gasteiger partial charge on any atom is 0.236 e. The van der Waals surface area contributed by atoms with Crippen molar-refractivity contribution in [3.05, 3.63) is 11.1 Å². The molecule has 112 valence electrons. The van der Waals surface area contributed by atoms with Gasteiger partial charge in [-0.3, -0.25) is 4.79 Å². The van der Waals surface area contributed by atoms with Crippen LogP contribution in [-0.4, -0.2) is 68.8 Å². The van der Waals surface area contributed by atoms with Gasteiger partial charge in [-0.05, 0) is 6.92 Å². The molecular weight excluding hydrogens is 276 g/mol. The number of thiazole rings is 1. The molecule has 6 nitrogen and oxygen atoms in total. The number of anilines is 1. The molecule has 0 bridgehead atoms. The standard InChI is InChI=1S/C13H22N4O2S/c1-11-10-20-13(15-11)17-6-4-16(5-7-17)12(18)9-14-3-8-19-2/h10,14H,3-9H2,1-2H3. The average molecular weight is 298 g/mol. The lowest BCUT2D eigenvalue weighted by Crippen LogP contribution is -2.51. The van der Waals surface area contributed by atoms with Crippen molar-refractivity contribution in [2.24, 2.45) is 0 Å². The first-order chi connectivity index (χ1) is 9.70. The van der Waals surface area contributed by atoms with E-state index in [1.165, 1.54) is 0 Å². The molecule has 0 unspecified atom stereocenters. The topological polar surface area (TPSA) is 57.7 Å². The first-order valence-corrected chi connectivity index (χ1v) is 7.73. The van der Waals surface area contributed by atoms with Gasteiger partial charge in [-0.15, -0.1) is 11.3 Å². The van der Waals surface area contributed by atoms with Gasteiger partial charge in [0, 0.05) is 45.2 Å². The molecule has 0 radical (unpaired) electrons. The number of carbonyl (C=O) groups is 1. The van der Waals surface area contributed by atoms with E-state index in [4.69, 9.17) is 4.74 Å². The number of hydrogen-bond acceptors (Lipinski definition) is 6. The molecule has 7 heteroatoms. The second kappa shape index (κ2) is 7.56. The van der Waals surface area contributed by atoms with Crippen LogP contribution in [0.3, 0.4) is 0 Å². The minimum Gasteiger partial charge on any atom is -0.383 e. The van der Waals surface area contributed by atoms with Gasteiger partial charge in [-0.25, -0.2) is 4.98 Å². The van der Waals surface area contributed by atoms with E-state index in [1.54, 1.807) is 18.4 Å². The highest BCUT2D eigenvalue weighted by Gasteiger charge is 2.22. The fourth-order valence-electron chi connectivity index (χ4n) is 2.12. The first-order valence-electron chi connectivity index (χ1n) is 6.85. The largest absolute Gasteiger partial charge is 0.383 e. The monoisotopic (exact) mass is 298 g/mol. The van der Waals surface area contributed by atoms with Crippen molar-refractivity contribution in [3.63, 3.8) is 0 Å². The first kappa shape index (κ1) is 15.2. The normalized spacial score (nSPS) is 15.7. The van der Waals surface area contributed by atoms with E-state index < -0.39 is 0 Å². The molecule has 1 aliphatic heterocycles. The van der Waals surface area contributed by atoms with Gasteiger partial charge in [0.05, 0.1) is 18.8 Å². The Balaban J connectivity index is 1.72. The molecule has 2 heterocycles. The lowest BCUT2D eigenvalue weighted by Gasteiger charge is -2.34. The smallest absolute Gasteiger partial charge is 0.236 e. The fraction of sp³-hybridized carbons (Fsp3) is 0.692. The highest BCUT2D eigenvalue weighted by Crippen LogP contribution is 2.21. The number of piperazine rings is 1. The number of amides is 1. The van der Waals surface area contributed by atoms with Crippen LogP contribution in [0.5, 0.6) is 0 Å². The van der Waals surface area contributed by atoms with E-state index in [2.05, 4.69) is 20.6 Å². The predicted molar refractivity (Wildman–Crippen MR) is 80.4 cm³/mol. The van der Waals surface area contributed by atoms with E-state index in [-0.39, 0.29) is 5.91 Å². The van der Waals surface area contributed by atoms with Crippen molar-refractivity contribution in [3.8, 4) is 0 Å². The van der Waals surface area contributed by atoms with Gasteiger partial charge >= 0.3 is 0 Å². The Morgan fingerprint density at radius 1 is 1.45 bits per heavy atom. The van der Waals surface area contributed by atoms with Crippen molar-refractivity contribution < 1.29 is 9.53 Å². The quantitative estimate of drug-likeness (QED) is 0.767. The number of aromatic nitrogens is 1. The molecule has 20 heavy (non-hydrogen) atoms. The second-order valence-electron chi connectivity index (χ2n) is 4.81. The second-order valence-corrected chi connectivity index (χ2v) is 5.65. The summed E-state index contributed by atoms with van der Waals surface area (Å²) in [6, 6.07) is 0. The summed E-state index contributed by atoms with van der Waals surface area (Å²) >= 11 is 1.67. The van der Waals surface area contributed by atoms with Crippen LogP contribution in [0.25, 0.3) is 0 Å². The highest BCUT2D eigenvalue weighted by molar-refractivity contribution is 7.13. The molecule has 0 aromatic carbocycles. The maximum atomic E-state index is 12.0. The van der Waals surface area contributed by atoms with E-state index >= 15 is 0 Å².